The molecule has 1 aromatic heterocycles. The first-order chi connectivity index (χ1) is 9.97. The lowest BCUT2D eigenvalue weighted by Gasteiger charge is -2.16. The molecule has 0 bridgehead atoms. The number of methoxy groups -OCH3 is 1. The summed E-state index contributed by atoms with van der Waals surface area (Å²) in [6.07, 6.45) is 0. The zero-order valence-electron chi connectivity index (χ0n) is 12.6. The second-order valence-electron chi connectivity index (χ2n) is 5.09. The van der Waals surface area contributed by atoms with Crippen LogP contribution in [0.2, 0.25) is 0 Å². The van der Waals surface area contributed by atoms with Crippen LogP contribution in [-0.4, -0.2) is 29.1 Å². The number of nitrogens with two attached hydrogens (primary N) is 2. The Bertz CT molecular complexity index is 611. The minimum absolute atomic E-state index is 0.151. The average Bonchev–Trinajstić information content (AvgIpc) is 2.37. The van der Waals surface area contributed by atoms with Gasteiger partial charge in [-0.2, -0.15) is 15.0 Å². The molecular formula is C14H21N6O+. The number of hydrogen-bond acceptors (Lipinski definition) is 6. The van der Waals surface area contributed by atoms with E-state index in [2.05, 4.69) is 35.0 Å². The van der Waals surface area contributed by atoms with E-state index in [1.54, 1.807) is 7.11 Å². The Balaban J connectivity index is 2.11. The van der Waals surface area contributed by atoms with Crippen molar-refractivity contribution in [2.75, 3.05) is 25.6 Å². The molecule has 0 radical (unpaired) electrons. The van der Waals surface area contributed by atoms with Gasteiger partial charge in [0.05, 0.1) is 14.2 Å². The number of anilines is 2. The van der Waals surface area contributed by atoms with Gasteiger partial charge in [-0.05, 0) is 19.1 Å². The Kier molecular flexibility index (Phi) is 4.54. The van der Waals surface area contributed by atoms with Crippen LogP contribution in [0.3, 0.4) is 0 Å². The Morgan fingerprint density at radius 2 is 1.76 bits per heavy atom. The van der Waals surface area contributed by atoms with Crippen molar-refractivity contribution in [3.8, 4) is 5.75 Å². The maximum absolute atomic E-state index is 5.58. The Morgan fingerprint density at radius 1 is 1.10 bits per heavy atom. The molecule has 1 heterocycles. The van der Waals surface area contributed by atoms with Crippen LogP contribution in [0.4, 0.5) is 11.9 Å². The first-order valence-corrected chi connectivity index (χ1v) is 6.68. The maximum Gasteiger partial charge on any atom is 0.225 e. The fourth-order valence-corrected chi connectivity index (χ4v) is 2.24. The van der Waals surface area contributed by atoms with E-state index in [0.29, 0.717) is 12.4 Å². The molecule has 5 N–H and O–H groups in total. The van der Waals surface area contributed by atoms with E-state index in [9.17, 15) is 0 Å². The van der Waals surface area contributed by atoms with Crippen LogP contribution in [0.15, 0.2) is 18.2 Å². The molecule has 2 aromatic rings. The number of rotatable bonds is 5. The molecule has 21 heavy (non-hydrogen) atoms. The molecule has 2 rings (SSSR count). The third-order valence-electron chi connectivity index (χ3n) is 3.10. The van der Waals surface area contributed by atoms with Crippen LogP contribution in [0, 0.1) is 6.92 Å². The summed E-state index contributed by atoms with van der Waals surface area (Å²) >= 11 is 0. The summed E-state index contributed by atoms with van der Waals surface area (Å²) < 4.78 is 5.40. The molecule has 0 saturated carbocycles. The number of benzene rings is 1. The van der Waals surface area contributed by atoms with Crippen molar-refractivity contribution in [2.45, 2.75) is 20.0 Å². The average molecular weight is 289 g/mol. The second kappa shape index (κ2) is 6.36. The van der Waals surface area contributed by atoms with Gasteiger partial charge >= 0.3 is 0 Å². The lowest BCUT2D eigenvalue weighted by atomic mass is 10.1. The van der Waals surface area contributed by atoms with E-state index in [1.165, 1.54) is 10.5 Å². The van der Waals surface area contributed by atoms with Crippen LogP contribution in [-0.2, 0) is 13.1 Å². The zero-order chi connectivity index (χ0) is 15.4. The van der Waals surface area contributed by atoms with Crippen LogP contribution in [0.5, 0.6) is 5.75 Å². The van der Waals surface area contributed by atoms with Gasteiger partial charge in [-0.15, -0.1) is 0 Å². The van der Waals surface area contributed by atoms with Crippen molar-refractivity contribution in [3.05, 3.63) is 35.2 Å². The number of hydrogen-bond donors (Lipinski definition) is 3. The minimum atomic E-state index is 0.151. The van der Waals surface area contributed by atoms with Crippen molar-refractivity contribution in [1.29, 1.82) is 0 Å². The molecule has 112 valence electrons. The number of aryl methyl sites for hydroxylation is 1. The zero-order valence-corrected chi connectivity index (χ0v) is 12.6. The topological polar surface area (TPSA) is 104 Å². The van der Waals surface area contributed by atoms with Crippen molar-refractivity contribution < 1.29 is 9.64 Å². The fourth-order valence-electron chi connectivity index (χ4n) is 2.24. The molecule has 1 atom stereocenters. The lowest BCUT2D eigenvalue weighted by molar-refractivity contribution is -0.908. The summed E-state index contributed by atoms with van der Waals surface area (Å²) in [6.45, 7) is 3.45. The molecule has 0 spiro atoms. The molecule has 1 aromatic carbocycles. The van der Waals surface area contributed by atoms with E-state index in [0.717, 1.165) is 17.9 Å². The smallest absolute Gasteiger partial charge is 0.225 e. The van der Waals surface area contributed by atoms with Gasteiger partial charge in [-0.1, -0.05) is 11.6 Å². The summed E-state index contributed by atoms with van der Waals surface area (Å²) in [5.74, 6) is 1.77. The molecule has 0 aliphatic carbocycles. The predicted octanol–water partition coefficient (Wildman–Crippen LogP) is -0.432. The van der Waals surface area contributed by atoms with Crippen molar-refractivity contribution in [2.24, 2.45) is 0 Å². The molecular weight excluding hydrogens is 268 g/mol. The molecule has 0 aliphatic rings. The van der Waals surface area contributed by atoms with Gasteiger partial charge in [0.1, 0.15) is 18.8 Å². The van der Waals surface area contributed by atoms with Gasteiger partial charge in [0.2, 0.25) is 11.9 Å². The van der Waals surface area contributed by atoms with Gasteiger partial charge < -0.3 is 21.1 Å². The Labute approximate surface area is 124 Å². The molecule has 1 unspecified atom stereocenters. The highest BCUT2D eigenvalue weighted by molar-refractivity contribution is 5.36. The number of ether oxygens (including phenoxy) is 1. The molecule has 7 heteroatoms. The van der Waals surface area contributed by atoms with E-state index < -0.39 is 0 Å². The molecule has 0 fully saturated rings. The molecule has 7 nitrogen and oxygen atoms in total. The SMILES string of the molecule is COc1ccc(C)cc1C[NH+](C)Cc1nc(N)nc(N)n1. The predicted molar refractivity (Wildman–Crippen MR) is 80.7 cm³/mol. The second-order valence-corrected chi connectivity index (χ2v) is 5.09. The summed E-state index contributed by atoms with van der Waals surface area (Å²) in [7, 11) is 3.73. The van der Waals surface area contributed by atoms with Gasteiger partial charge in [0, 0.05) is 5.56 Å². The van der Waals surface area contributed by atoms with Crippen molar-refractivity contribution in [3.63, 3.8) is 0 Å². The number of nitrogen functional groups attached to an aromatic ring is 2. The highest BCUT2D eigenvalue weighted by atomic mass is 16.5. The Morgan fingerprint density at radius 3 is 2.38 bits per heavy atom. The molecule has 0 saturated heterocycles. The Hall–Kier alpha value is -2.41. The molecule has 0 aliphatic heterocycles. The van der Waals surface area contributed by atoms with Crippen molar-refractivity contribution in [1.82, 2.24) is 15.0 Å². The summed E-state index contributed by atoms with van der Waals surface area (Å²) in [5.41, 5.74) is 13.5. The number of nitrogens with zero attached hydrogens (tertiary/aromatic N) is 3. The van der Waals surface area contributed by atoms with E-state index in [1.807, 2.05) is 12.1 Å². The minimum Gasteiger partial charge on any atom is -0.496 e. The summed E-state index contributed by atoms with van der Waals surface area (Å²) in [6, 6.07) is 6.14. The monoisotopic (exact) mass is 289 g/mol. The number of nitrogens with one attached hydrogen (secondary N) is 1. The normalized spacial score (nSPS) is 12.1. The van der Waals surface area contributed by atoms with Crippen LogP contribution in [0.1, 0.15) is 17.0 Å². The van der Waals surface area contributed by atoms with E-state index >= 15 is 0 Å². The third kappa shape index (κ3) is 4.03. The number of aromatic nitrogens is 3. The first-order valence-electron chi connectivity index (χ1n) is 6.68. The lowest BCUT2D eigenvalue weighted by Crippen LogP contribution is -3.06. The highest BCUT2D eigenvalue weighted by Gasteiger charge is 2.12. The first kappa shape index (κ1) is 15.0. The summed E-state index contributed by atoms with van der Waals surface area (Å²) in [5, 5.41) is 0. The highest BCUT2D eigenvalue weighted by Crippen LogP contribution is 2.18. The van der Waals surface area contributed by atoms with E-state index in [4.69, 9.17) is 16.2 Å². The summed E-state index contributed by atoms with van der Waals surface area (Å²) in [4.78, 5) is 13.2. The van der Waals surface area contributed by atoms with E-state index in [-0.39, 0.29) is 11.9 Å². The molecule has 0 amide bonds. The van der Waals surface area contributed by atoms with Crippen molar-refractivity contribution >= 4 is 11.9 Å². The number of quaternary nitrogens is 1. The quantitative estimate of drug-likeness (QED) is 0.690. The van der Waals surface area contributed by atoms with Gasteiger partial charge in [-0.25, -0.2) is 0 Å². The maximum atomic E-state index is 5.58. The standard InChI is InChI=1S/C14H20N6O/c1-9-4-5-11(21-3)10(6-9)7-20(2)8-12-17-13(15)19-14(16)18-12/h4-6H,7-8H2,1-3H3,(H4,15,16,17,18,19)/p+1. The van der Waals surface area contributed by atoms with Crippen LogP contribution >= 0.6 is 0 Å². The van der Waals surface area contributed by atoms with Crippen LogP contribution in [0.25, 0.3) is 0 Å². The fraction of sp³-hybridized carbons (Fsp3) is 0.357. The third-order valence-corrected chi connectivity index (χ3v) is 3.10. The van der Waals surface area contributed by atoms with Gasteiger partial charge in [-0.3, -0.25) is 0 Å². The largest absolute Gasteiger partial charge is 0.496 e. The van der Waals surface area contributed by atoms with Gasteiger partial charge in [0.15, 0.2) is 5.82 Å². The van der Waals surface area contributed by atoms with Crippen LogP contribution < -0.4 is 21.1 Å². The van der Waals surface area contributed by atoms with Gasteiger partial charge in [0.25, 0.3) is 0 Å².